The zero-order valence-corrected chi connectivity index (χ0v) is 20.9. The summed E-state index contributed by atoms with van der Waals surface area (Å²) in [5.41, 5.74) is 1.39. The van der Waals surface area contributed by atoms with Crippen molar-refractivity contribution in [3.63, 3.8) is 0 Å². The van der Waals surface area contributed by atoms with Crippen LogP contribution in [0.4, 0.5) is 5.13 Å². The van der Waals surface area contributed by atoms with Gasteiger partial charge >= 0.3 is 5.97 Å². The minimum Gasteiger partial charge on any atom is -0.494 e. The second kappa shape index (κ2) is 9.58. The molecule has 1 atom stereocenters. The standard InChI is InChI=1S/C27H24N2O6S/c1-4-5-13-34-17-10-8-9-16(14-17)21-20-22(30)18-11-6-7-12-19(18)35-23(20)25(31)29(21)27-28-15(2)24(36-27)26(32)33-3/h6-12,14,21H,4-5,13H2,1-3H3/t21-/m0/s1. The zero-order valence-electron chi connectivity index (χ0n) is 20.1. The van der Waals surface area contributed by atoms with Gasteiger partial charge in [0.1, 0.15) is 16.2 Å². The molecule has 9 heteroatoms. The van der Waals surface area contributed by atoms with Gasteiger partial charge in [0.15, 0.2) is 10.6 Å². The van der Waals surface area contributed by atoms with Crippen LogP contribution in [0.5, 0.6) is 5.75 Å². The molecule has 1 amide bonds. The van der Waals surface area contributed by atoms with E-state index < -0.39 is 17.9 Å². The molecule has 0 saturated carbocycles. The minimum atomic E-state index is -0.806. The van der Waals surface area contributed by atoms with E-state index in [4.69, 9.17) is 13.9 Å². The van der Waals surface area contributed by atoms with Gasteiger partial charge in [-0.3, -0.25) is 14.5 Å². The van der Waals surface area contributed by atoms with E-state index in [0.29, 0.717) is 34.6 Å². The van der Waals surface area contributed by atoms with Crippen molar-refractivity contribution in [3.05, 3.63) is 86.2 Å². The topological polar surface area (TPSA) is 98.9 Å². The zero-order chi connectivity index (χ0) is 25.4. The lowest BCUT2D eigenvalue weighted by molar-refractivity contribution is 0.0605. The number of hydrogen-bond acceptors (Lipinski definition) is 8. The van der Waals surface area contributed by atoms with Crippen molar-refractivity contribution in [1.82, 2.24) is 4.98 Å². The number of carbonyl (C=O) groups excluding carboxylic acids is 2. The monoisotopic (exact) mass is 504 g/mol. The van der Waals surface area contributed by atoms with E-state index in [0.717, 1.165) is 24.2 Å². The van der Waals surface area contributed by atoms with Gasteiger partial charge in [0.2, 0.25) is 5.76 Å². The van der Waals surface area contributed by atoms with Gasteiger partial charge in [0, 0.05) is 0 Å². The molecular weight excluding hydrogens is 480 g/mol. The average molecular weight is 505 g/mol. The maximum absolute atomic E-state index is 13.7. The summed E-state index contributed by atoms with van der Waals surface area (Å²) >= 11 is 1.04. The van der Waals surface area contributed by atoms with Crippen molar-refractivity contribution in [3.8, 4) is 5.75 Å². The van der Waals surface area contributed by atoms with Crippen LogP contribution >= 0.6 is 11.3 Å². The fourth-order valence-electron chi connectivity index (χ4n) is 4.31. The number of nitrogens with zero attached hydrogens (tertiary/aromatic N) is 2. The number of methoxy groups -OCH3 is 1. The normalized spacial score (nSPS) is 14.8. The third-order valence-electron chi connectivity index (χ3n) is 6.08. The Hall–Kier alpha value is -3.98. The van der Waals surface area contributed by atoms with Crippen LogP contribution in [0.3, 0.4) is 0 Å². The van der Waals surface area contributed by atoms with Gasteiger partial charge in [-0.05, 0) is 43.2 Å². The number of hydrogen-bond donors (Lipinski definition) is 0. The summed E-state index contributed by atoms with van der Waals surface area (Å²) in [4.78, 5) is 45.9. The van der Waals surface area contributed by atoms with Crippen molar-refractivity contribution in [2.45, 2.75) is 32.7 Å². The summed E-state index contributed by atoms with van der Waals surface area (Å²) in [6.07, 6.45) is 1.91. The Morgan fingerprint density at radius 2 is 1.97 bits per heavy atom. The number of amides is 1. The number of esters is 1. The van der Waals surface area contributed by atoms with Crippen molar-refractivity contribution >= 4 is 39.3 Å². The molecule has 4 aromatic rings. The summed E-state index contributed by atoms with van der Waals surface area (Å²) in [5.74, 6) is -0.436. The fraction of sp³-hybridized carbons (Fsp3) is 0.259. The molecule has 0 fully saturated rings. The molecule has 2 aromatic carbocycles. The molecular formula is C27H24N2O6S. The van der Waals surface area contributed by atoms with Gasteiger partial charge in [-0.25, -0.2) is 9.78 Å². The highest BCUT2D eigenvalue weighted by molar-refractivity contribution is 7.17. The first-order valence-electron chi connectivity index (χ1n) is 11.6. The molecule has 5 rings (SSSR count). The van der Waals surface area contributed by atoms with Gasteiger partial charge in [0.05, 0.1) is 36.4 Å². The van der Waals surface area contributed by atoms with E-state index in [1.54, 1.807) is 31.2 Å². The van der Waals surface area contributed by atoms with E-state index >= 15 is 0 Å². The number of para-hydroxylation sites is 1. The van der Waals surface area contributed by atoms with Gasteiger partial charge in [-0.2, -0.15) is 0 Å². The van der Waals surface area contributed by atoms with E-state index in [1.165, 1.54) is 12.0 Å². The lowest BCUT2D eigenvalue weighted by atomic mass is 9.98. The number of rotatable bonds is 7. The molecule has 0 saturated heterocycles. The third kappa shape index (κ3) is 3.95. The van der Waals surface area contributed by atoms with Crippen LogP contribution in [0.2, 0.25) is 0 Å². The van der Waals surface area contributed by atoms with E-state index in [9.17, 15) is 14.4 Å². The van der Waals surface area contributed by atoms with Gasteiger partial charge in [0.25, 0.3) is 5.91 Å². The van der Waals surface area contributed by atoms with E-state index in [1.807, 2.05) is 24.3 Å². The first kappa shape index (κ1) is 23.7. The highest BCUT2D eigenvalue weighted by atomic mass is 32.1. The van der Waals surface area contributed by atoms with Crippen LogP contribution in [0.25, 0.3) is 11.0 Å². The SMILES string of the molecule is CCCCOc1cccc([C@H]2c3c(oc4ccccc4c3=O)C(=O)N2c2nc(C)c(C(=O)OC)s2)c1. The van der Waals surface area contributed by atoms with Crippen LogP contribution < -0.4 is 15.1 Å². The second-order valence-corrected chi connectivity index (χ2v) is 9.40. The molecule has 3 heterocycles. The quantitative estimate of drug-likeness (QED) is 0.250. The lowest BCUT2D eigenvalue weighted by Gasteiger charge is -2.23. The van der Waals surface area contributed by atoms with Crippen LogP contribution in [-0.2, 0) is 4.74 Å². The Kier molecular flexibility index (Phi) is 6.32. The number of aromatic nitrogens is 1. The van der Waals surface area contributed by atoms with Crippen molar-refractivity contribution in [1.29, 1.82) is 0 Å². The molecule has 1 aliphatic heterocycles. The van der Waals surface area contributed by atoms with Crippen LogP contribution in [0, 0.1) is 6.92 Å². The van der Waals surface area contributed by atoms with Gasteiger partial charge in [-0.15, -0.1) is 0 Å². The molecule has 0 unspecified atom stereocenters. The number of benzene rings is 2. The summed E-state index contributed by atoms with van der Waals surface area (Å²) in [6.45, 7) is 4.32. The van der Waals surface area contributed by atoms with Gasteiger partial charge < -0.3 is 13.9 Å². The molecule has 0 spiro atoms. The number of aryl methyl sites for hydroxylation is 1. The van der Waals surface area contributed by atoms with Crippen molar-refractivity contribution in [2.75, 3.05) is 18.6 Å². The van der Waals surface area contributed by atoms with E-state index in [2.05, 4.69) is 11.9 Å². The van der Waals surface area contributed by atoms with Crippen LogP contribution in [0.15, 0.2) is 57.7 Å². The molecule has 0 N–H and O–H groups in total. The average Bonchev–Trinajstić information content (AvgIpc) is 3.41. The summed E-state index contributed by atoms with van der Waals surface area (Å²) in [5, 5.41) is 0.659. The molecule has 36 heavy (non-hydrogen) atoms. The molecule has 0 radical (unpaired) electrons. The predicted octanol–water partition coefficient (Wildman–Crippen LogP) is 5.27. The van der Waals surface area contributed by atoms with Gasteiger partial charge in [-0.1, -0.05) is 48.9 Å². The molecule has 1 aliphatic rings. The minimum absolute atomic E-state index is 0.0338. The summed E-state index contributed by atoms with van der Waals surface area (Å²) in [7, 11) is 1.29. The highest BCUT2D eigenvalue weighted by Crippen LogP contribution is 2.43. The fourth-order valence-corrected chi connectivity index (χ4v) is 5.32. The first-order valence-corrected chi connectivity index (χ1v) is 12.4. The lowest BCUT2D eigenvalue weighted by Crippen LogP contribution is -2.29. The maximum Gasteiger partial charge on any atom is 0.350 e. The van der Waals surface area contributed by atoms with Crippen LogP contribution in [-0.4, -0.2) is 30.6 Å². The number of thiazole rings is 1. The number of unbranched alkanes of at least 4 members (excludes halogenated alkanes) is 1. The molecule has 184 valence electrons. The van der Waals surface area contributed by atoms with E-state index in [-0.39, 0.29) is 26.8 Å². The Balaban J connectivity index is 1.70. The van der Waals surface area contributed by atoms with Crippen molar-refractivity contribution < 1.29 is 23.5 Å². The maximum atomic E-state index is 13.7. The molecule has 0 bridgehead atoms. The number of fused-ring (bicyclic) bond motifs is 2. The highest BCUT2D eigenvalue weighted by Gasteiger charge is 2.45. The van der Waals surface area contributed by atoms with Crippen molar-refractivity contribution in [2.24, 2.45) is 0 Å². The predicted molar refractivity (Wildman–Crippen MR) is 136 cm³/mol. The smallest absolute Gasteiger partial charge is 0.350 e. The summed E-state index contributed by atoms with van der Waals surface area (Å²) in [6, 6.07) is 13.4. The number of carbonyl (C=O) groups is 2. The van der Waals surface area contributed by atoms with Crippen LogP contribution in [0.1, 0.15) is 62.9 Å². The molecule has 0 aliphatic carbocycles. The Morgan fingerprint density at radius 3 is 2.75 bits per heavy atom. The Labute approximate surface area is 211 Å². The Bertz CT molecular complexity index is 1540. The Morgan fingerprint density at radius 1 is 1.17 bits per heavy atom. The largest absolute Gasteiger partial charge is 0.494 e. The molecule has 2 aromatic heterocycles. The number of ether oxygens (including phenoxy) is 2. The molecule has 8 nitrogen and oxygen atoms in total. The number of anilines is 1. The third-order valence-corrected chi connectivity index (χ3v) is 7.22. The second-order valence-electron chi connectivity index (χ2n) is 8.42. The first-order chi connectivity index (χ1) is 17.4. The summed E-state index contributed by atoms with van der Waals surface area (Å²) < 4.78 is 16.7.